The number of piperidine rings is 1. The normalized spacial score (nSPS) is 13.7. The average Bonchev–Trinajstić information content (AvgIpc) is 2.74. The summed E-state index contributed by atoms with van der Waals surface area (Å²) in [5.41, 5.74) is 4.43. The highest BCUT2D eigenvalue weighted by atomic mass is 16.2. The second kappa shape index (κ2) is 9.62. The molecule has 3 rings (SSSR count). The van der Waals surface area contributed by atoms with Crippen LogP contribution in [0.2, 0.25) is 0 Å². The minimum absolute atomic E-state index is 0.0481. The summed E-state index contributed by atoms with van der Waals surface area (Å²) in [5, 5.41) is 9.23. The number of benzene rings is 1. The van der Waals surface area contributed by atoms with Crippen LogP contribution in [0.3, 0.4) is 0 Å². The van der Waals surface area contributed by atoms with Gasteiger partial charge in [0.15, 0.2) is 0 Å². The Balaban J connectivity index is 1.68. The molecule has 1 aliphatic rings. The Hall–Kier alpha value is -3.07. The van der Waals surface area contributed by atoms with Crippen LogP contribution in [0, 0.1) is 25.2 Å². The lowest BCUT2D eigenvalue weighted by Gasteiger charge is -2.31. The lowest BCUT2D eigenvalue weighted by atomic mass is 9.99. The Morgan fingerprint density at radius 2 is 1.90 bits per heavy atom. The first-order chi connectivity index (χ1) is 14.4. The van der Waals surface area contributed by atoms with Gasteiger partial charge in [0.25, 0.3) is 5.56 Å². The van der Waals surface area contributed by atoms with Crippen molar-refractivity contribution in [2.75, 3.05) is 25.0 Å². The summed E-state index contributed by atoms with van der Waals surface area (Å²) in [7, 11) is 1.84. The number of amides is 1. The summed E-state index contributed by atoms with van der Waals surface area (Å²) in [4.78, 5) is 31.6. The number of aromatic nitrogens is 1. The molecule has 0 aliphatic carbocycles. The third kappa shape index (κ3) is 4.73. The van der Waals surface area contributed by atoms with Crippen LogP contribution < -0.4 is 10.5 Å². The van der Waals surface area contributed by atoms with Crippen LogP contribution in [-0.2, 0) is 17.8 Å². The number of hydrogen-bond acceptors (Lipinski definition) is 4. The number of para-hydroxylation sites is 1. The van der Waals surface area contributed by atoms with Crippen LogP contribution in [0.25, 0.3) is 0 Å². The molecule has 1 N–H and O–H groups in total. The van der Waals surface area contributed by atoms with Crippen molar-refractivity contribution in [3.8, 4) is 6.07 Å². The number of nitrogens with one attached hydrogen (secondary N) is 1. The molecule has 1 aliphatic heterocycles. The van der Waals surface area contributed by atoms with E-state index in [0.717, 1.165) is 24.3 Å². The van der Waals surface area contributed by atoms with Gasteiger partial charge in [0.05, 0.1) is 0 Å². The number of aryl methyl sites for hydroxylation is 1. The van der Waals surface area contributed by atoms with Crippen LogP contribution in [0.5, 0.6) is 0 Å². The summed E-state index contributed by atoms with van der Waals surface area (Å²) in [6.07, 6.45) is 4.55. The number of nitrogens with zero attached hydrogens (tertiary/aromatic N) is 3. The molecule has 1 aromatic heterocycles. The van der Waals surface area contributed by atoms with E-state index in [1.165, 1.54) is 30.5 Å². The summed E-state index contributed by atoms with van der Waals surface area (Å²) >= 11 is 0. The zero-order valence-corrected chi connectivity index (χ0v) is 18.1. The minimum Gasteiger partial charge on any atom is -0.371 e. The van der Waals surface area contributed by atoms with E-state index >= 15 is 0 Å². The topological polar surface area (TPSA) is 80.2 Å². The number of carbonyl (C=O) groups excluding carboxylic acids is 1. The fourth-order valence-electron chi connectivity index (χ4n) is 4.27. The van der Waals surface area contributed by atoms with Gasteiger partial charge >= 0.3 is 0 Å². The fraction of sp³-hybridized carbons (Fsp3) is 0.458. The van der Waals surface area contributed by atoms with Crippen molar-refractivity contribution in [3.05, 3.63) is 62.6 Å². The molecule has 0 unspecified atom stereocenters. The zero-order chi connectivity index (χ0) is 21.7. The number of H-pyrrole nitrogens is 1. The van der Waals surface area contributed by atoms with Crippen molar-refractivity contribution in [2.24, 2.45) is 0 Å². The summed E-state index contributed by atoms with van der Waals surface area (Å²) in [6.45, 7) is 6.30. The lowest BCUT2D eigenvalue weighted by molar-refractivity contribution is -0.130. The van der Waals surface area contributed by atoms with Crippen molar-refractivity contribution in [2.45, 2.75) is 52.5 Å². The molecular weight excluding hydrogens is 376 g/mol. The van der Waals surface area contributed by atoms with Crippen molar-refractivity contribution < 1.29 is 4.79 Å². The predicted octanol–water partition coefficient (Wildman–Crippen LogP) is 3.44. The van der Waals surface area contributed by atoms with Crippen molar-refractivity contribution >= 4 is 11.6 Å². The minimum atomic E-state index is -0.367. The highest BCUT2D eigenvalue weighted by Crippen LogP contribution is 2.25. The highest BCUT2D eigenvalue weighted by molar-refractivity contribution is 5.76. The van der Waals surface area contributed by atoms with Gasteiger partial charge in [0.1, 0.15) is 11.6 Å². The SMILES string of the molecule is Cc1[nH]c(=O)c(C#N)c(C)c1CCC(=O)N(C)Cc1ccccc1N1CCCCC1. The molecule has 0 spiro atoms. The lowest BCUT2D eigenvalue weighted by Crippen LogP contribution is -2.32. The van der Waals surface area contributed by atoms with Crippen molar-refractivity contribution in [1.82, 2.24) is 9.88 Å². The molecule has 158 valence electrons. The summed E-state index contributed by atoms with van der Waals surface area (Å²) < 4.78 is 0. The number of hydrogen-bond donors (Lipinski definition) is 1. The average molecular weight is 407 g/mol. The molecule has 2 aromatic rings. The second-order valence-electron chi connectivity index (χ2n) is 8.10. The Morgan fingerprint density at radius 1 is 1.20 bits per heavy atom. The molecule has 1 fully saturated rings. The number of rotatable bonds is 6. The fourth-order valence-corrected chi connectivity index (χ4v) is 4.27. The highest BCUT2D eigenvalue weighted by Gasteiger charge is 2.18. The van der Waals surface area contributed by atoms with Crippen LogP contribution in [0.4, 0.5) is 5.69 Å². The number of carbonyl (C=O) groups is 1. The summed E-state index contributed by atoms with van der Waals surface area (Å²) in [5.74, 6) is 0.0481. The van der Waals surface area contributed by atoms with E-state index in [9.17, 15) is 14.9 Å². The van der Waals surface area contributed by atoms with Gasteiger partial charge < -0.3 is 14.8 Å². The van der Waals surface area contributed by atoms with Gasteiger partial charge in [-0.05, 0) is 62.3 Å². The van der Waals surface area contributed by atoms with E-state index in [2.05, 4.69) is 28.1 Å². The number of pyridine rings is 1. The molecule has 30 heavy (non-hydrogen) atoms. The van der Waals surface area contributed by atoms with Gasteiger partial charge in [0, 0.05) is 44.5 Å². The molecule has 1 aromatic carbocycles. The third-order valence-electron chi connectivity index (χ3n) is 6.03. The monoisotopic (exact) mass is 406 g/mol. The molecule has 2 heterocycles. The van der Waals surface area contributed by atoms with Crippen molar-refractivity contribution in [3.63, 3.8) is 0 Å². The first kappa shape index (κ1) is 21.6. The van der Waals surface area contributed by atoms with Gasteiger partial charge in [-0.3, -0.25) is 9.59 Å². The third-order valence-corrected chi connectivity index (χ3v) is 6.03. The Morgan fingerprint density at radius 3 is 2.60 bits per heavy atom. The van der Waals surface area contributed by atoms with Crippen LogP contribution >= 0.6 is 0 Å². The van der Waals surface area contributed by atoms with E-state index in [-0.39, 0.29) is 17.0 Å². The Kier molecular flexibility index (Phi) is 6.94. The smallest absolute Gasteiger partial charge is 0.266 e. The van der Waals surface area contributed by atoms with E-state index in [0.29, 0.717) is 24.9 Å². The quantitative estimate of drug-likeness (QED) is 0.797. The Labute approximate surface area is 178 Å². The predicted molar refractivity (Wildman–Crippen MR) is 119 cm³/mol. The van der Waals surface area contributed by atoms with E-state index in [1.54, 1.807) is 11.8 Å². The van der Waals surface area contributed by atoms with E-state index in [4.69, 9.17) is 0 Å². The number of nitriles is 1. The maximum Gasteiger partial charge on any atom is 0.266 e. The number of anilines is 1. The van der Waals surface area contributed by atoms with E-state index < -0.39 is 0 Å². The molecular formula is C24H30N4O2. The maximum atomic E-state index is 12.8. The second-order valence-corrected chi connectivity index (χ2v) is 8.10. The first-order valence-corrected chi connectivity index (χ1v) is 10.6. The summed E-state index contributed by atoms with van der Waals surface area (Å²) in [6, 6.07) is 10.3. The Bertz CT molecular complexity index is 1010. The molecule has 1 saturated heterocycles. The molecule has 1 amide bonds. The molecule has 6 heteroatoms. The zero-order valence-electron chi connectivity index (χ0n) is 18.1. The first-order valence-electron chi connectivity index (χ1n) is 10.6. The molecule has 0 atom stereocenters. The van der Waals surface area contributed by atoms with Crippen LogP contribution in [0.15, 0.2) is 29.1 Å². The van der Waals surface area contributed by atoms with Crippen LogP contribution in [-0.4, -0.2) is 35.9 Å². The van der Waals surface area contributed by atoms with Gasteiger partial charge in [-0.2, -0.15) is 5.26 Å². The maximum absolute atomic E-state index is 12.8. The van der Waals surface area contributed by atoms with Crippen molar-refractivity contribution in [1.29, 1.82) is 5.26 Å². The van der Waals surface area contributed by atoms with Gasteiger partial charge in [0.2, 0.25) is 5.91 Å². The van der Waals surface area contributed by atoms with Gasteiger partial charge in [-0.15, -0.1) is 0 Å². The molecule has 0 bridgehead atoms. The molecule has 0 radical (unpaired) electrons. The standard InChI is InChI=1S/C24H30N4O2/c1-17-20(18(2)26-24(30)21(17)15-25)11-12-23(29)27(3)16-19-9-5-6-10-22(19)28-13-7-4-8-14-28/h5-6,9-10H,4,7-8,11-14,16H2,1-3H3,(H,26,30). The van der Waals surface area contributed by atoms with E-state index in [1.807, 2.05) is 26.1 Å². The van der Waals surface area contributed by atoms with Crippen LogP contribution in [0.1, 0.15) is 53.6 Å². The number of aromatic amines is 1. The molecule has 6 nitrogen and oxygen atoms in total. The van der Waals surface area contributed by atoms with Gasteiger partial charge in [-0.1, -0.05) is 18.2 Å². The van der Waals surface area contributed by atoms with Gasteiger partial charge in [-0.25, -0.2) is 0 Å². The molecule has 0 saturated carbocycles. The largest absolute Gasteiger partial charge is 0.371 e.